The maximum atomic E-state index is 13.1. The molecule has 148 valence electrons. The van der Waals surface area contributed by atoms with Gasteiger partial charge in [0.05, 0.1) is 17.3 Å². The van der Waals surface area contributed by atoms with Crippen molar-refractivity contribution < 1.29 is 18.0 Å². The highest BCUT2D eigenvalue weighted by Crippen LogP contribution is 2.34. The molecule has 0 saturated heterocycles. The lowest BCUT2D eigenvalue weighted by Gasteiger charge is -2.18. The Hall–Kier alpha value is -3.14. The average molecular weight is 392 g/mol. The predicted molar refractivity (Wildman–Crippen MR) is 98.8 cm³/mol. The lowest BCUT2D eigenvalue weighted by molar-refractivity contribution is -0.156. The van der Waals surface area contributed by atoms with Crippen LogP contribution in [0.15, 0.2) is 42.6 Å². The first-order valence-corrected chi connectivity index (χ1v) is 8.50. The van der Waals surface area contributed by atoms with E-state index in [1.165, 1.54) is 19.3 Å². The van der Waals surface area contributed by atoms with Gasteiger partial charge in [0.25, 0.3) is 0 Å². The third-order valence-corrected chi connectivity index (χ3v) is 4.26. The number of hydrogen-bond acceptors (Lipinski definition) is 4. The third kappa shape index (κ3) is 4.22. The van der Waals surface area contributed by atoms with Crippen LogP contribution in [0.4, 0.5) is 23.8 Å². The Morgan fingerprint density at radius 3 is 2.57 bits per heavy atom. The van der Waals surface area contributed by atoms with Gasteiger partial charge in [0.1, 0.15) is 11.9 Å². The maximum Gasteiger partial charge on any atom is 0.409 e. The van der Waals surface area contributed by atoms with Crippen LogP contribution in [0.2, 0.25) is 0 Å². The van der Waals surface area contributed by atoms with Gasteiger partial charge in [0.15, 0.2) is 0 Å². The Morgan fingerprint density at radius 2 is 1.93 bits per heavy atom. The van der Waals surface area contributed by atoms with Crippen LogP contribution in [0.1, 0.15) is 30.3 Å². The van der Waals surface area contributed by atoms with E-state index in [-0.39, 0.29) is 28.5 Å². The normalized spacial score (nSPS) is 13.9. The molecule has 3 aromatic rings. The highest BCUT2D eigenvalue weighted by atomic mass is 19.4. The van der Waals surface area contributed by atoms with E-state index in [4.69, 9.17) is 0 Å². The molecule has 0 bridgehead atoms. The first-order chi connectivity index (χ1) is 13.3. The maximum absolute atomic E-state index is 13.1. The lowest BCUT2D eigenvalue weighted by atomic mass is 10.1. The molecule has 7 nitrogen and oxygen atoms in total. The minimum Gasteiger partial charge on any atom is -0.331 e. The van der Waals surface area contributed by atoms with Gasteiger partial charge in [-0.15, -0.1) is 0 Å². The molecule has 1 unspecified atom stereocenters. The number of alkyl halides is 3. The zero-order valence-corrected chi connectivity index (χ0v) is 15.1. The molecule has 0 spiro atoms. The average Bonchev–Trinajstić information content (AvgIpc) is 3.04. The van der Waals surface area contributed by atoms with Crippen LogP contribution in [0, 0.1) is 0 Å². The number of aromatic amines is 1. The second kappa shape index (κ2) is 7.85. The van der Waals surface area contributed by atoms with Crippen molar-refractivity contribution in [3.63, 3.8) is 0 Å². The van der Waals surface area contributed by atoms with Crippen LogP contribution in [0.3, 0.4) is 0 Å². The quantitative estimate of drug-likeness (QED) is 0.533. The van der Waals surface area contributed by atoms with Crippen LogP contribution in [0.25, 0.3) is 10.9 Å². The van der Waals surface area contributed by atoms with Gasteiger partial charge >= 0.3 is 12.2 Å². The number of rotatable bonds is 5. The molecule has 3 rings (SSSR count). The van der Waals surface area contributed by atoms with E-state index in [9.17, 15) is 18.0 Å². The summed E-state index contributed by atoms with van der Waals surface area (Å²) in [7, 11) is 1.21. The number of amides is 2. The second-order valence-corrected chi connectivity index (χ2v) is 6.22. The smallest absolute Gasteiger partial charge is 0.331 e. The summed E-state index contributed by atoms with van der Waals surface area (Å²) in [5.41, 5.74) is 1.07. The summed E-state index contributed by atoms with van der Waals surface area (Å²) in [5.74, 6) is 0.177. The molecule has 2 amide bonds. The van der Waals surface area contributed by atoms with Gasteiger partial charge in [-0.05, 0) is 19.5 Å². The van der Waals surface area contributed by atoms with Gasteiger partial charge < -0.3 is 10.6 Å². The molecule has 0 aliphatic rings. The van der Waals surface area contributed by atoms with Gasteiger partial charge in [-0.1, -0.05) is 30.3 Å². The van der Waals surface area contributed by atoms with Crippen LogP contribution < -0.4 is 16.0 Å². The Morgan fingerprint density at radius 1 is 1.21 bits per heavy atom. The molecule has 2 heterocycles. The number of pyridine rings is 1. The number of H-pyrrole nitrogens is 1. The van der Waals surface area contributed by atoms with Crippen LogP contribution in [-0.2, 0) is 0 Å². The molecule has 0 saturated carbocycles. The molecule has 0 fully saturated rings. The molecular weight excluding hydrogens is 373 g/mol. The van der Waals surface area contributed by atoms with Crippen molar-refractivity contribution in [2.75, 3.05) is 12.4 Å². The summed E-state index contributed by atoms with van der Waals surface area (Å²) in [6.07, 6.45) is -3.24. The summed E-state index contributed by atoms with van der Waals surface area (Å²) in [5, 5.41) is 14.1. The fourth-order valence-corrected chi connectivity index (χ4v) is 2.86. The van der Waals surface area contributed by atoms with E-state index >= 15 is 0 Å². The predicted octanol–water partition coefficient (Wildman–Crippen LogP) is 3.66. The third-order valence-electron chi connectivity index (χ3n) is 4.26. The Balaban J connectivity index is 1.74. The lowest BCUT2D eigenvalue weighted by Crippen LogP contribution is -2.32. The van der Waals surface area contributed by atoms with Crippen molar-refractivity contribution >= 4 is 22.8 Å². The molecule has 1 aromatic carbocycles. The number of carbonyl (C=O) groups is 1. The number of nitrogens with zero attached hydrogens (tertiary/aromatic N) is 2. The molecule has 28 heavy (non-hydrogen) atoms. The Kier molecular flexibility index (Phi) is 5.50. The molecule has 10 heteroatoms. The number of carbonyl (C=O) groups excluding carboxylic acids is 1. The van der Waals surface area contributed by atoms with Gasteiger partial charge in [-0.25, -0.2) is 9.78 Å². The van der Waals surface area contributed by atoms with Crippen molar-refractivity contribution in [1.29, 1.82) is 0 Å². The molecule has 2 aromatic heterocycles. The van der Waals surface area contributed by atoms with Gasteiger partial charge in [-0.3, -0.25) is 10.4 Å². The molecule has 2 atom stereocenters. The Bertz CT molecular complexity index is 957. The van der Waals surface area contributed by atoms with Gasteiger partial charge in [0.2, 0.25) is 0 Å². The summed E-state index contributed by atoms with van der Waals surface area (Å²) in [6.45, 7) is 1.83. The second-order valence-electron chi connectivity index (χ2n) is 6.22. The molecule has 0 radical (unpaired) electrons. The fraction of sp³-hybridized carbons (Fsp3) is 0.278. The summed E-state index contributed by atoms with van der Waals surface area (Å²) in [4.78, 5) is 16.2. The first-order valence-electron chi connectivity index (χ1n) is 8.50. The van der Waals surface area contributed by atoms with Crippen LogP contribution in [-0.4, -0.2) is 34.4 Å². The standard InChI is InChI=1S/C18H19F3N6O/c1-10(11-6-4-3-5-7-11)24-17(28)25-14-8-13-12(9-23-14)15(27-26-13)16(22-2)18(19,20)21/h3-10,16,22H,1-2H3,(H,26,27)(H2,23,24,25,28)/t10-,16?/m1/s1. The summed E-state index contributed by atoms with van der Waals surface area (Å²) >= 11 is 0. The number of urea groups is 1. The largest absolute Gasteiger partial charge is 0.409 e. The molecule has 0 aliphatic heterocycles. The molecule has 4 N–H and O–H groups in total. The first kappa shape index (κ1) is 19.6. The summed E-state index contributed by atoms with van der Waals surface area (Å²) < 4.78 is 39.4. The molecule has 0 aliphatic carbocycles. The number of hydrogen-bond donors (Lipinski definition) is 4. The zero-order valence-electron chi connectivity index (χ0n) is 15.1. The zero-order chi connectivity index (χ0) is 20.3. The topological polar surface area (TPSA) is 94.7 Å². The van der Waals surface area contributed by atoms with E-state index in [0.717, 1.165) is 5.56 Å². The van der Waals surface area contributed by atoms with Crippen LogP contribution >= 0.6 is 0 Å². The van der Waals surface area contributed by atoms with E-state index in [1.807, 2.05) is 37.3 Å². The minimum atomic E-state index is -4.49. The summed E-state index contributed by atoms with van der Waals surface area (Å²) in [6, 6.07) is 8.19. The minimum absolute atomic E-state index is 0.133. The number of fused-ring (bicyclic) bond motifs is 1. The Labute approximate surface area is 158 Å². The number of benzene rings is 1. The van der Waals surface area contributed by atoms with Gasteiger partial charge in [0, 0.05) is 17.6 Å². The highest BCUT2D eigenvalue weighted by Gasteiger charge is 2.41. The van der Waals surface area contributed by atoms with Crippen molar-refractivity contribution in [1.82, 2.24) is 25.8 Å². The highest BCUT2D eigenvalue weighted by molar-refractivity contribution is 5.91. The van der Waals surface area contributed by atoms with Crippen molar-refractivity contribution in [3.05, 3.63) is 53.9 Å². The fourth-order valence-electron chi connectivity index (χ4n) is 2.86. The van der Waals surface area contributed by atoms with E-state index in [0.29, 0.717) is 0 Å². The van der Waals surface area contributed by atoms with E-state index in [1.54, 1.807) is 0 Å². The SMILES string of the molecule is CNC(c1[nH]nc2cc(NC(=O)N[C@H](C)c3ccccc3)ncc12)C(F)(F)F. The monoisotopic (exact) mass is 392 g/mol. The van der Waals surface area contributed by atoms with E-state index < -0.39 is 18.2 Å². The van der Waals surface area contributed by atoms with Crippen molar-refractivity contribution in [3.8, 4) is 0 Å². The van der Waals surface area contributed by atoms with Crippen LogP contribution in [0.5, 0.6) is 0 Å². The van der Waals surface area contributed by atoms with Crippen molar-refractivity contribution in [2.24, 2.45) is 0 Å². The number of aromatic nitrogens is 3. The van der Waals surface area contributed by atoms with Crippen molar-refractivity contribution in [2.45, 2.75) is 25.2 Å². The molecular formula is C18H19F3N6O. The number of halogens is 3. The van der Waals surface area contributed by atoms with E-state index in [2.05, 4.69) is 31.1 Å². The van der Waals surface area contributed by atoms with Gasteiger partial charge in [-0.2, -0.15) is 18.3 Å². The number of nitrogens with one attached hydrogen (secondary N) is 4. The number of anilines is 1.